The van der Waals surface area contributed by atoms with Gasteiger partial charge in [-0.2, -0.15) is 0 Å². The fourth-order valence-electron chi connectivity index (χ4n) is 7.73. The number of likely N-dealkylation sites (N-methyl/N-ethyl adjacent to an activating group) is 1. The molecule has 2 aliphatic carbocycles. The molecule has 10 heteroatoms. The number of nitrogens with zero attached hydrogens (tertiary/aromatic N) is 4. The number of carbonyl (C=O) groups excluding carboxylic acids is 2. The number of anilines is 1. The third kappa shape index (κ3) is 4.60. The molecule has 224 valence electrons. The highest BCUT2D eigenvalue weighted by atomic mass is 16.4. The van der Waals surface area contributed by atoms with Gasteiger partial charge in [0.1, 0.15) is 12.4 Å². The lowest BCUT2D eigenvalue weighted by molar-refractivity contribution is -0.135. The summed E-state index contributed by atoms with van der Waals surface area (Å²) in [7, 11) is 3.55. The molecule has 43 heavy (non-hydrogen) atoms. The van der Waals surface area contributed by atoms with Crippen LogP contribution in [0.1, 0.15) is 58.8 Å². The Hall–Kier alpha value is -4.47. The lowest BCUT2D eigenvalue weighted by Crippen LogP contribution is -2.50. The molecule has 1 fully saturated rings. The molecular formula is C33H37N5O5. The van der Waals surface area contributed by atoms with Crippen LogP contribution in [0.5, 0.6) is 5.75 Å². The summed E-state index contributed by atoms with van der Waals surface area (Å²) in [5.41, 5.74) is 5.13. The summed E-state index contributed by atoms with van der Waals surface area (Å²) in [6.07, 6.45) is 10.9. The number of fused-ring (bicyclic) bond motifs is 2. The van der Waals surface area contributed by atoms with E-state index in [2.05, 4.69) is 64.6 Å². The van der Waals surface area contributed by atoms with Crippen molar-refractivity contribution >= 4 is 23.5 Å². The van der Waals surface area contributed by atoms with E-state index in [1.165, 1.54) is 11.1 Å². The summed E-state index contributed by atoms with van der Waals surface area (Å²) in [5, 5.41) is 22.2. The van der Waals surface area contributed by atoms with E-state index in [9.17, 15) is 19.5 Å². The van der Waals surface area contributed by atoms with Crippen molar-refractivity contribution in [1.29, 1.82) is 0 Å². The number of aromatic nitrogens is 2. The van der Waals surface area contributed by atoms with Crippen molar-refractivity contribution in [3.05, 3.63) is 82.0 Å². The van der Waals surface area contributed by atoms with Crippen molar-refractivity contribution in [3.8, 4) is 5.75 Å². The van der Waals surface area contributed by atoms with Crippen LogP contribution in [0, 0.1) is 18.8 Å². The van der Waals surface area contributed by atoms with Crippen molar-refractivity contribution < 1.29 is 24.6 Å². The summed E-state index contributed by atoms with van der Waals surface area (Å²) in [6.45, 7) is 4.85. The molecule has 1 saturated heterocycles. The number of aliphatic carboxylic acids is 1. The largest absolute Gasteiger partial charge is 0.504 e. The van der Waals surface area contributed by atoms with Crippen molar-refractivity contribution in [1.82, 2.24) is 20.2 Å². The molecule has 6 bridgehead atoms. The van der Waals surface area contributed by atoms with Crippen LogP contribution < -0.4 is 10.2 Å². The number of aromatic hydroxyl groups is 1. The Bertz CT molecular complexity index is 1600. The number of hydrogen-bond donors (Lipinski definition) is 3. The molecule has 0 radical (unpaired) electrons. The molecule has 1 aromatic carbocycles. The number of carbonyl (C=O) groups is 3. The van der Waals surface area contributed by atoms with Crippen LogP contribution in [0.2, 0.25) is 0 Å². The van der Waals surface area contributed by atoms with Gasteiger partial charge in [0, 0.05) is 50.1 Å². The third-order valence-corrected chi connectivity index (χ3v) is 9.81. The Balaban J connectivity index is 1.56. The highest BCUT2D eigenvalue weighted by molar-refractivity contribution is 5.96. The minimum absolute atomic E-state index is 0.0300. The number of piperidine rings is 1. The highest BCUT2D eigenvalue weighted by Gasteiger charge is 2.56. The second-order valence-corrected chi connectivity index (χ2v) is 12.3. The monoisotopic (exact) mass is 583 g/mol. The molecule has 7 aliphatic rings. The van der Waals surface area contributed by atoms with Crippen LogP contribution in [0.4, 0.5) is 5.69 Å². The van der Waals surface area contributed by atoms with E-state index in [0.29, 0.717) is 12.2 Å². The molecule has 0 saturated carbocycles. The number of hydrogen-bond acceptors (Lipinski definition) is 7. The number of carboxylic acid groups (broad SMARTS) is 1. The number of amides is 2. The number of carboxylic acids is 1. The Labute approximate surface area is 250 Å². The normalized spacial score (nSPS) is 22.5. The second kappa shape index (κ2) is 10.7. The van der Waals surface area contributed by atoms with E-state index >= 15 is 0 Å². The SMILES string of the molecule is Cc1nc(C(C)C2(C3C4=CC=C3C=C4)c3ccc(c(CC(=O)N(C)C)c3)N3CCC2CC3)nc(C(=O)NCC(=O)O)c1O. The van der Waals surface area contributed by atoms with Gasteiger partial charge in [-0.15, -0.1) is 0 Å². The smallest absolute Gasteiger partial charge is 0.322 e. The van der Waals surface area contributed by atoms with Crippen molar-refractivity contribution in [3.63, 3.8) is 0 Å². The number of benzene rings is 1. The van der Waals surface area contributed by atoms with E-state index in [1.54, 1.807) is 25.9 Å². The van der Waals surface area contributed by atoms with Crippen LogP contribution in [-0.4, -0.2) is 76.6 Å². The zero-order chi connectivity index (χ0) is 30.6. The zero-order valence-electron chi connectivity index (χ0n) is 24.9. The Morgan fingerprint density at radius 1 is 1.12 bits per heavy atom. The lowest BCUT2D eigenvalue weighted by Gasteiger charge is -2.51. The number of rotatable bonds is 8. The molecule has 5 aliphatic heterocycles. The van der Waals surface area contributed by atoms with Crippen LogP contribution in [-0.2, 0) is 21.4 Å². The van der Waals surface area contributed by atoms with Gasteiger partial charge < -0.3 is 25.3 Å². The van der Waals surface area contributed by atoms with Crippen LogP contribution in [0.25, 0.3) is 0 Å². The number of nitrogens with one attached hydrogen (secondary N) is 1. The van der Waals surface area contributed by atoms with E-state index < -0.39 is 23.8 Å². The predicted octanol–water partition coefficient (Wildman–Crippen LogP) is 3.26. The highest BCUT2D eigenvalue weighted by Crippen LogP contribution is 2.61. The third-order valence-electron chi connectivity index (χ3n) is 9.81. The summed E-state index contributed by atoms with van der Waals surface area (Å²) in [5.74, 6) is -1.92. The molecule has 3 N–H and O–H groups in total. The molecule has 2 aromatic rings. The predicted molar refractivity (Wildman–Crippen MR) is 161 cm³/mol. The number of allylic oxidation sites excluding steroid dienone is 6. The molecule has 2 amide bonds. The summed E-state index contributed by atoms with van der Waals surface area (Å²) < 4.78 is 0. The van der Waals surface area contributed by atoms with Gasteiger partial charge in [-0.3, -0.25) is 14.4 Å². The van der Waals surface area contributed by atoms with E-state index in [0.717, 1.165) is 42.7 Å². The van der Waals surface area contributed by atoms with E-state index in [4.69, 9.17) is 10.1 Å². The quantitative estimate of drug-likeness (QED) is 0.431. The first-order valence-electron chi connectivity index (χ1n) is 14.8. The Kier molecular flexibility index (Phi) is 7.10. The van der Waals surface area contributed by atoms with Gasteiger partial charge in [0.15, 0.2) is 11.4 Å². The standard InChI is InChI=1S/C33H37N5O5/c1-18(31-35-19(2)30(42)29(36-31)32(43)34-17-27(40)41)33(28-20-5-6-21(28)8-7-20)23-11-13-38(14-12-23)25-10-9-24(33)15-22(25)16-26(39)37(3)4/h5-10,15,18,23,28,42H,11-14,16-17H2,1-4H3,(H,34,43)(H,40,41). The van der Waals surface area contributed by atoms with Gasteiger partial charge in [-0.25, -0.2) is 9.97 Å². The number of aryl methyl sites for hydroxylation is 1. The molecule has 1 aromatic heterocycles. The minimum atomic E-state index is -1.19. The average Bonchev–Trinajstić information content (AvgIpc) is 3.62. The Morgan fingerprint density at radius 2 is 1.79 bits per heavy atom. The van der Waals surface area contributed by atoms with Gasteiger partial charge in [0.25, 0.3) is 5.91 Å². The van der Waals surface area contributed by atoms with E-state index in [1.807, 2.05) is 0 Å². The van der Waals surface area contributed by atoms with Crippen LogP contribution in [0.3, 0.4) is 0 Å². The molecule has 0 spiro atoms. The maximum absolute atomic E-state index is 13.0. The molecule has 9 rings (SSSR count). The summed E-state index contributed by atoms with van der Waals surface area (Å²) in [6, 6.07) is 6.55. The molecule has 10 nitrogen and oxygen atoms in total. The van der Waals surface area contributed by atoms with Crippen molar-refractivity contribution in [2.45, 2.75) is 44.4 Å². The van der Waals surface area contributed by atoms with Crippen molar-refractivity contribution in [2.75, 3.05) is 38.6 Å². The minimum Gasteiger partial charge on any atom is -0.504 e. The first-order chi connectivity index (χ1) is 20.5. The zero-order valence-corrected chi connectivity index (χ0v) is 24.9. The van der Waals surface area contributed by atoms with Gasteiger partial charge >= 0.3 is 5.97 Å². The lowest BCUT2D eigenvalue weighted by atomic mass is 9.52. The molecular weight excluding hydrogens is 546 g/mol. The van der Waals surface area contributed by atoms with Crippen LogP contribution in [0.15, 0.2) is 53.6 Å². The summed E-state index contributed by atoms with van der Waals surface area (Å²) in [4.78, 5) is 50.5. The van der Waals surface area contributed by atoms with Crippen molar-refractivity contribution in [2.24, 2.45) is 11.8 Å². The molecule has 2 atom stereocenters. The Morgan fingerprint density at radius 3 is 2.40 bits per heavy atom. The van der Waals surface area contributed by atoms with Crippen LogP contribution >= 0.6 is 0 Å². The van der Waals surface area contributed by atoms with Gasteiger partial charge in [0.2, 0.25) is 5.91 Å². The molecule has 6 heterocycles. The summed E-state index contributed by atoms with van der Waals surface area (Å²) >= 11 is 0. The average molecular weight is 584 g/mol. The second-order valence-electron chi connectivity index (χ2n) is 12.3. The molecule has 2 unspecified atom stereocenters. The first kappa shape index (κ1) is 28.6. The van der Waals surface area contributed by atoms with Gasteiger partial charge in [-0.05, 0) is 54.0 Å². The van der Waals surface area contributed by atoms with Gasteiger partial charge in [0.05, 0.1) is 12.1 Å². The van der Waals surface area contributed by atoms with E-state index in [-0.39, 0.29) is 40.8 Å². The fraction of sp³-hybridized carbons (Fsp3) is 0.424. The topological polar surface area (TPSA) is 136 Å². The maximum atomic E-state index is 13.0. The van der Waals surface area contributed by atoms with Gasteiger partial charge in [-0.1, -0.05) is 43.4 Å². The fourth-order valence-corrected chi connectivity index (χ4v) is 7.73. The maximum Gasteiger partial charge on any atom is 0.322 e. The first-order valence-corrected chi connectivity index (χ1v) is 14.8.